The zero-order chi connectivity index (χ0) is 23.9. The van der Waals surface area contributed by atoms with Crippen LogP contribution in [0, 0.1) is 11.7 Å². The Labute approximate surface area is 213 Å². The Hall–Kier alpha value is -2.02. The lowest BCUT2D eigenvalue weighted by Gasteiger charge is -2.10. The number of hydrogen-bond donors (Lipinski definition) is 2. The first-order chi connectivity index (χ1) is 15.6. The molecule has 0 aromatic heterocycles. The number of hydrogen-bond acceptors (Lipinski definition) is 2. The second-order valence-corrected chi connectivity index (χ2v) is 10.2. The quantitative estimate of drug-likeness (QED) is 0.325. The molecule has 4 rings (SSSR count). The molecule has 1 aliphatic rings. The van der Waals surface area contributed by atoms with E-state index >= 15 is 0 Å². The Balaban J connectivity index is 1.50. The monoisotopic (exact) mass is 544 g/mol. The number of halogens is 6. The molecule has 4 nitrogen and oxygen atoms in total. The van der Waals surface area contributed by atoms with E-state index in [0.717, 1.165) is 0 Å². The molecule has 3 aromatic rings. The first-order valence-electron chi connectivity index (χ1n) is 9.57. The molecule has 1 saturated carbocycles. The summed E-state index contributed by atoms with van der Waals surface area (Å²) in [5, 5.41) is 6.33. The molecule has 0 radical (unpaired) electrons. The zero-order valence-corrected chi connectivity index (χ0v) is 20.3. The maximum atomic E-state index is 13.1. The Kier molecular flexibility index (Phi) is 6.81. The number of nitrogens with one attached hydrogen (secondary N) is 2. The minimum Gasteiger partial charge on any atom is -0.326 e. The van der Waals surface area contributed by atoms with Crippen molar-refractivity contribution in [1.82, 2.24) is 0 Å². The van der Waals surface area contributed by atoms with E-state index in [-0.39, 0.29) is 10.6 Å². The molecule has 3 aromatic carbocycles. The van der Waals surface area contributed by atoms with Crippen molar-refractivity contribution in [3.05, 3.63) is 92.7 Å². The third kappa shape index (κ3) is 5.23. The zero-order valence-electron chi connectivity index (χ0n) is 16.5. The molecule has 2 N–H and O–H groups in total. The molecule has 33 heavy (non-hydrogen) atoms. The summed E-state index contributed by atoms with van der Waals surface area (Å²) in [4.78, 5) is 25.6. The number of carbonyl (C=O) groups excluding carboxylic acids is 2. The van der Waals surface area contributed by atoms with Crippen molar-refractivity contribution in [2.45, 2.75) is 10.3 Å². The van der Waals surface area contributed by atoms with Crippen LogP contribution in [0.3, 0.4) is 0 Å². The lowest BCUT2D eigenvalue weighted by Crippen LogP contribution is -2.18. The van der Waals surface area contributed by atoms with Crippen molar-refractivity contribution in [3.8, 4) is 0 Å². The Morgan fingerprint density at radius 2 is 1.42 bits per heavy atom. The van der Waals surface area contributed by atoms with Crippen LogP contribution in [0.1, 0.15) is 21.8 Å². The summed E-state index contributed by atoms with van der Waals surface area (Å²) >= 11 is 31.1. The highest BCUT2D eigenvalue weighted by Gasteiger charge is 2.67. The number of amides is 2. The van der Waals surface area contributed by atoms with Gasteiger partial charge in [-0.3, -0.25) is 9.59 Å². The van der Waals surface area contributed by atoms with E-state index in [0.29, 0.717) is 27.0 Å². The van der Waals surface area contributed by atoms with E-state index in [4.69, 9.17) is 58.0 Å². The molecule has 0 bridgehead atoms. The molecular formula is C23H14Cl5FN2O2. The van der Waals surface area contributed by atoms with Crippen LogP contribution in [0.25, 0.3) is 0 Å². The summed E-state index contributed by atoms with van der Waals surface area (Å²) in [7, 11) is 0. The minimum atomic E-state index is -1.34. The third-order valence-corrected chi connectivity index (χ3v) is 6.87. The van der Waals surface area contributed by atoms with Crippen LogP contribution in [0.2, 0.25) is 15.1 Å². The van der Waals surface area contributed by atoms with Gasteiger partial charge in [-0.05, 0) is 66.2 Å². The number of rotatable bonds is 5. The van der Waals surface area contributed by atoms with Crippen LogP contribution >= 0.6 is 58.0 Å². The SMILES string of the molecule is O=C(Nc1ccc(F)cc1)c1cc(NC(=O)[C@@H]2[C@H](c3cc(Cl)cc(Cl)c3)C2(Cl)Cl)ccc1Cl. The van der Waals surface area contributed by atoms with Crippen LogP contribution in [0.5, 0.6) is 0 Å². The van der Waals surface area contributed by atoms with Gasteiger partial charge in [-0.25, -0.2) is 4.39 Å². The summed E-state index contributed by atoms with van der Waals surface area (Å²) in [5.74, 6) is -2.66. The van der Waals surface area contributed by atoms with Gasteiger partial charge in [0.1, 0.15) is 10.2 Å². The van der Waals surface area contributed by atoms with E-state index in [1.807, 2.05) is 0 Å². The summed E-state index contributed by atoms with van der Waals surface area (Å²) in [6.45, 7) is 0. The lowest BCUT2D eigenvalue weighted by atomic mass is 10.1. The van der Waals surface area contributed by atoms with Crippen LogP contribution < -0.4 is 10.6 Å². The second-order valence-electron chi connectivity index (χ2n) is 7.48. The molecule has 10 heteroatoms. The fraction of sp³-hybridized carbons (Fsp3) is 0.130. The Morgan fingerprint density at radius 3 is 2.06 bits per heavy atom. The molecular weight excluding hydrogens is 533 g/mol. The van der Waals surface area contributed by atoms with E-state index < -0.39 is 33.8 Å². The van der Waals surface area contributed by atoms with Crippen molar-refractivity contribution < 1.29 is 14.0 Å². The van der Waals surface area contributed by atoms with E-state index in [1.54, 1.807) is 24.3 Å². The average molecular weight is 547 g/mol. The summed E-state index contributed by atoms with van der Waals surface area (Å²) in [5.41, 5.74) is 1.48. The molecule has 170 valence electrons. The molecule has 1 fully saturated rings. The van der Waals surface area contributed by atoms with Gasteiger partial charge in [-0.15, -0.1) is 23.2 Å². The van der Waals surface area contributed by atoms with Crippen molar-refractivity contribution in [1.29, 1.82) is 0 Å². The van der Waals surface area contributed by atoms with Gasteiger partial charge in [0.25, 0.3) is 5.91 Å². The van der Waals surface area contributed by atoms with Gasteiger partial charge in [-0.2, -0.15) is 0 Å². The molecule has 0 heterocycles. The smallest absolute Gasteiger partial charge is 0.257 e. The first-order valence-corrected chi connectivity index (χ1v) is 11.5. The van der Waals surface area contributed by atoms with E-state index in [2.05, 4.69) is 10.6 Å². The van der Waals surface area contributed by atoms with Crippen LogP contribution in [-0.2, 0) is 4.79 Å². The molecule has 0 aliphatic heterocycles. The number of anilines is 2. The number of benzene rings is 3. The van der Waals surface area contributed by atoms with Crippen molar-refractivity contribution >= 4 is 81.2 Å². The largest absolute Gasteiger partial charge is 0.326 e. The Morgan fingerprint density at radius 1 is 0.818 bits per heavy atom. The molecule has 0 saturated heterocycles. The van der Waals surface area contributed by atoms with E-state index in [1.165, 1.54) is 36.4 Å². The van der Waals surface area contributed by atoms with Crippen LogP contribution in [0.15, 0.2) is 60.7 Å². The standard InChI is InChI=1S/C23H14Cl5FN2O2/c24-12-7-11(8-13(25)9-12)19-20(23(19,27)28)22(33)31-16-5-6-18(26)17(10-16)21(32)30-15-3-1-14(29)2-4-15/h1-10,19-20H,(H,30,32)(H,31,33)/t19-,20-/m0/s1. The fourth-order valence-corrected chi connectivity index (χ4v) is 5.13. The highest BCUT2D eigenvalue weighted by molar-refractivity contribution is 6.53. The second kappa shape index (κ2) is 9.32. The van der Waals surface area contributed by atoms with Gasteiger partial charge in [0.05, 0.1) is 16.5 Å². The first kappa shape index (κ1) is 24.1. The predicted octanol–water partition coefficient (Wildman–Crippen LogP) is 7.56. The summed E-state index contributed by atoms with van der Waals surface area (Å²) in [6.07, 6.45) is 0. The molecule has 1 aliphatic carbocycles. The fourth-order valence-electron chi connectivity index (χ4n) is 3.55. The van der Waals surface area contributed by atoms with Crippen LogP contribution in [-0.4, -0.2) is 16.1 Å². The van der Waals surface area contributed by atoms with Gasteiger partial charge in [0.2, 0.25) is 5.91 Å². The summed E-state index contributed by atoms with van der Waals surface area (Å²) in [6, 6.07) is 14.6. The lowest BCUT2D eigenvalue weighted by molar-refractivity contribution is -0.117. The highest BCUT2D eigenvalue weighted by Crippen LogP contribution is 2.65. The van der Waals surface area contributed by atoms with Gasteiger partial charge in [0, 0.05) is 27.3 Å². The van der Waals surface area contributed by atoms with Crippen LogP contribution in [0.4, 0.5) is 15.8 Å². The van der Waals surface area contributed by atoms with Gasteiger partial charge in [0.15, 0.2) is 0 Å². The average Bonchev–Trinajstić information content (AvgIpc) is 3.32. The Bertz CT molecular complexity index is 1230. The van der Waals surface area contributed by atoms with Crippen molar-refractivity contribution in [2.24, 2.45) is 5.92 Å². The molecule has 2 atom stereocenters. The maximum Gasteiger partial charge on any atom is 0.257 e. The molecule has 0 spiro atoms. The molecule has 2 amide bonds. The van der Waals surface area contributed by atoms with Crippen molar-refractivity contribution in [3.63, 3.8) is 0 Å². The normalized spacial score (nSPS) is 18.5. The van der Waals surface area contributed by atoms with Gasteiger partial charge >= 0.3 is 0 Å². The third-order valence-electron chi connectivity index (χ3n) is 5.16. The predicted molar refractivity (Wildman–Crippen MR) is 132 cm³/mol. The topological polar surface area (TPSA) is 58.2 Å². The minimum absolute atomic E-state index is 0.121. The molecule has 0 unspecified atom stereocenters. The highest BCUT2D eigenvalue weighted by atomic mass is 35.5. The summed E-state index contributed by atoms with van der Waals surface area (Å²) < 4.78 is 11.7. The van der Waals surface area contributed by atoms with Crippen molar-refractivity contribution in [2.75, 3.05) is 10.6 Å². The maximum absolute atomic E-state index is 13.1. The van der Waals surface area contributed by atoms with E-state index in [9.17, 15) is 14.0 Å². The van der Waals surface area contributed by atoms with Gasteiger partial charge < -0.3 is 10.6 Å². The number of alkyl halides is 2. The van der Waals surface area contributed by atoms with Gasteiger partial charge in [-0.1, -0.05) is 34.8 Å². The number of carbonyl (C=O) groups is 2.